The fourth-order valence-electron chi connectivity index (χ4n) is 3.11. The van der Waals surface area contributed by atoms with Crippen LogP contribution in [0.3, 0.4) is 0 Å². The molecule has 0 saturated heterocycles. The summed E-state index contributed by atoms with van der Waals surface area (Å²) in [5.74, 6) is -0.0704. The molecule has 0 aliphatic carbocycles. The van der Waals surface area contributed by atoms with E-state index in [4.69, 9.17) is 0 Å². The summed E-state index contributed by atoms with van der Waals surface area (Å²) in [5.41, 5.74) is 2.15. The van der Waals surface area contributed by atoms with E-state index in [1.165, 1.54) is 10.4 Å². The number of carbonyl (C=O) groups is 1. The van der Waals surface area contributed by atoms with Crippen LogP contribution in [0.25, 0.3) is 0 Å². The van der Waals surface area contributed by atoms with E-state index in [0.717, 1.165) is 31.6 Å². The van der Waals surface area contributed by atoms with Gasteiger partial charge in [-0.25, -0.2) is 13.2 Å². The summed E-state index contributed by atoms with van der Waals surface area (Å²) in [5, 5.41) is 7.56. The van der Waals surface area contributed by atoms with Gasteiger partial charge >= 0.3 is 6.03 Å². The van der Waals surface area contributed by atoms with Crippen molar-refractivity contribution in [1.82, 2.24) is 15.5 Å². The predicted octanol–water partition coefficient (Wildman–Crippen LogP) is 2.02. The van der Waals surface area contributed by atoms with Crippen LogP contribution in [-0.2, 0) is 28.6 Å². The number of hydrogen-bond acceptors (Lipinski definition) is 5. The molecule has 0 spiro atoms. The molecule has 0 radical (unpaired) electrons. The van der Waals surface area contributed by atoms with Gasteiger partial charge in [-0.3, -0.25) is 4.90 Å². The molecule has 0 atom stereocenters. The number of carbonyl (C=O) groups excluding carboxylic acids is 1. The average molecular weight is 408 g/mol. The van der Waals surface area contributed by atoms with Gasteiger partial charge in [-0.15, -0.1) is 11.3 Å². The lowest BCUT2D eigenvalue weighted by Gasteiger charge is -2.26. The summed E-state index contributed by atoms with van der Waals surface area (Å²) in [6.45, 7) is 3.38. The third-order valence-electron chi connectivity index (χ3n) is 4.53. The first-order chi connectivity index (χ1) is 13.0. The fraction of sp³-hybridized carbons (Fsp3) is 0.421. The van der Waals surface area contributed by atoms with Crippen molar-refractivity contribution in [3.63, 3.8) is 0 Å². The third kappa shape index (κ3) is 6.34. The average Bonchev–Trinajstić information content (AvgIpc) is 3.10. The maximum atomic E-state index is 12.1. The molecular formula is C19H25N3O3S2. The van der Waals surface area contributed by atoms with Gasteiger partial charge in [-0.1, -0.05) is 30.3 Å². The van der Waals surface area contributed by atoms with E-state index in [2.05, 4.69) is 27.0 Å². The van der Waals surface area contributed by atoms with Crippen molar-refractivity contribution >= 4 is 27.2 Å². The predicted molar refractivity (Wildman–Crippen MR) is 109 cm³/mol. The first-order valence-electron chi connectivity index (χ1n) is 9.05. The Morgan fingerprint density at radius 3 is 2.70 bits per heavy atom. The monoisotopic (exact) mass is 407 g/mol. The van der Waals surface area contributed by atoms with Gasteiger partial charge in [0.05, 0.1) is 11.5 Å². The molecule has 2 aromatic rings. The molecule has 3 rings (SSSR count). The van der Waals surface area contributed by atoms with Crippen molar-refractivity contribution in [2.24, 2.45) is 0 Å². The van der Waals surface area contributed by atoms with Crippen LogP contribution >= 0.6 is 11.3 Å². The van der Waals surface area contributed by atoms with Gasteiger partial charge in [-0.2, -0.15) is 0 Å². The molecule has 0 bridgehead atoms. The van der Waals surface area contributed by atoms with Gasteiger partial charge in [0.25, 0.3) is 0 Å². The Morgan fingerprint density at radius 1 is 1.11 bits per heavy atom. The molecule has 1 aromatic carbocycles. The highest BCUT2D eigenvalue weighted by Gasteiger charge is 2.17. The van der Waals surface area contributed by atoms with E-state index in [1.807, 2.05) is 29.5 Å². The molecule has 27 heavy (non-hydrogen) atoms. The minimum atomic E-state index is -3.24. The van der Waals surface area contributed by atoms with E-state index < -0.39 is 9.84 Å². The van der Waals surface area contributed by atoms with Crippen molar-refractivity contribution < 1.29 is 13.2 Å². The summed E-state index contributed by atoms with van der Waals surface area (Å²) in [4.78, 5) is 15.6. The zero-order valence-electron chi connectivity index (χ0n) is 15.2. The smallest absolute Gasteiger partial charge is 0.314 e. The number of sulfone groups is 1. The first kappa shape index (κ1) is 19.9. The van der Waals surface area contributed by atoms with Gasteiger partial charge in [0.1, 0.15) is 0 Å². The normalized spacial score (nSPS) is 14.5. The van der Waals surface area contributed by atoms with E-state index in [0.29, 0.717) is 6.54 Å². The number of fused-ring (bicyclic) bond motifs is 1. The SMILES string of the molecule is O=C(NCCN1CCc2sccc2C1)NCCS(=O)(=O)Cc1ccccc1. The van der Waals surface area contributed by atoms with Crippen LogP contribution < -0.4 is 10.6 Å². The van der Waals surface area contributed by atoms with Crippen molar-refractivity contribution in [1.29, 1.82) is 0 Å². The standard InChI is InChI=1S/C19H25N3O3S2/c23-19(20-8-11-22-10-6-18-17(14-22)7-12-26-18)21-9-13-27(24,25)15-16-4-2-1-3-5-16/h1-5,7,12H,6,8-11,13-15H2,(H2,20,21,23). The van der Waals surface area contributed by atoms with Crippen LogP contribution in [0.2, 0.25) is 0 Å². The third-order valence-corrected chi connectivity index (χ3v) is 7.15. The van der Waals surface area contributed by atoms with Crippen LogP contribution in [0.4, 0.5) is 4.79 Å². The van der Waals surface area contributed by atoms with E-state index in [9.17, 15) is 13.2 Å². The largest absolute Gasteiger partial charge is 0.337 e. The molecule has 2 N–H and O–H groups in total. The fourth-order valence-corrected chi connectivity index (χ4v) is 5.26. The van der Waals surface area contributed by atoms with Gasteiger partial charge in [0.15, 0.2) is 9.84 Å². The molecule has 2 amide bonds. The number of thiophene rings is 1. The van der Waals surface area contributed by atoms with Crippen LogP contribution in [0.15, 0.2) is 41.8 Å². The lowest BCUT2D eigenvalue weighted by Crippen LogP contribution is -2.42. The van der Waals surface area contributed by atoms with E-state index in [-0.39, 0.29) is 24.1 Å². The molecule has 6 nitrogen and oxygen atoms in total. The number of nitrogens with zero attached hydrogens (tertiary/aromatic N) is 1. The Hall–Kier alpha value is -1.90. The van der Waals surface area contributed by atoms with Gasteiger partial charge in [-0.05, 0) is 29.0 Å². The van der Waals surface area contributed by atoms with Crippen LogP contribution in [-0.4, -0.2) is 51.3 Å². The Balaban J connectivity index is 1.31. The zero-order valence-corrected chi connectivity index (χ0v) is 16.8. The number of hydrogen-bond donors (Lipinski definition) is 2. The second-order valence-corrected chi connectivity index (χ2v) is 9.84. The number of urea groups is 1. The summed E-state index contributed by atoms with van der Waals surface area (Å²) in [6, 6.07) is 10.9. The number of amides is 2. The number of nitrogens with one attached hydrogen (secondary N) is 2. The number of rotatable bonds is 8. The second kappa shape index (κ2) is 9.34. The Morgan fingerprint density at radius 2 is 1.89 bits per heavy atom. The molecule has 146 valence electrons. The molecule has 1 aliphatic rings. The van der Waals surface area contributed by atoms with Gasteiger partial charge in [0, 0.05) is 37.6 Å². The summed E-state index contributed by atoms with van der Waals surface area (Å²) >= 11 is 1.81. The van der Waals surface area contributed by atoms with Gasteiger partial charge < -0.3 is 10.6 Å². The molecule has 0 saturated carbocycles. The molecule has 0 fully saturated rings. The Kier molecular flexibility index (Phi) is 6.87. The topological polar surface area (TPSA) is 78.5 Å². The van der Waals surface area contributed by atoms with Gasteiger partial charge in [0.2, 0.25) is 0 Å². The van der Waals surface area contributed by atoms with Crippen molar-refractivity contribution in [2.75, 3.05) is 31.9 Å². The van der Waals surface area contributed by atoms with E-state index in [1.54, 1.807) is 12.1 Å². The highest BCUT2D eigenvalue weighted by atomic mass is 32.2. The highest BCUT2D eigenvalue weighted by molar-refractivity contribution is 7.90. The molecule has 8 heteroatoms. The lowest BCUT2D eigenvalue weighted by molar-refractivity contribution is 0.231. The second-order valence-electron chi connectivity index (χ2n) is 6.66. The summed E-state index contributed by atoms with van der Waals surface area (Å²) < 4.78 is 24.2. The Bertz CT molecular complexity index is 850. The molecule has 2 heterocycles. The molecule has 0 unspecified atom stereocenters. The van der Waals surface area contributed by atoms with Crippen molar-refractivity contribution in [2.45, 2.75) is 18.7 Å². The van der Waals surface area contributed by atoms with E-state index >= 15 is 0 Å². The maximum Gasteiger partial charge on any atom is 0.314 e. The minimum Gasteiger partial charge on any atom is -0.337 e. The lowest BCUT2D eigenvalue weighted by atomic mass is 10.1. The van der Waals surface area contributed by atoms with Crippen molar-refractivity contribution in [3.8, 4) is 0 Å². The quantitative estimate of drug-likeness (QED) is 0.702. The summed E-state index contributed by atoms with van der Waals surface area (Å²) in [7, 11) is -3.24. The zero-order chi connectivity index (χ0) is 19.1. The van der Waals surface area contributed by atoms with Crippen LogP contribution in [0, 0.1) is 0 Å². The highest BCUT2D eigenvalue weighted by Crippen LogP contribution is 2.23. The minimum absolute atomic E-state index is 0.00330. The molecular weight excluding hydrogens is 382 g/mol. The van der Waals surface area contributed by atoms with Crippen molar-refractivity contribution in [3.05, 3.63) is 57.8 Å². The van der Waals surface area contributed by atoms with Crippen LogP contribution in [0.1, 0.15) is 16.0 Å². The molecule has 1 aromatic heterocycles. The van der Waals surface area contributed by atoms with Crippen LogP contribution in [0.5, 0.6) is 0 Å². The maximum absolute atomic E-state index is 12.1. The summed E-state index contributed by atoms with van der Waals surface area (Å²) in [6.07, 6.45) is 1.07. The first-order valence-corrected chi connectivity index (χ1v) is 11.8. The number of benzene rings is 1. The Labute approximate surface area is 164 Å². The molecule has 1 aliphatic heterocycles.